The number of hydrogen-bond donors (Lipinski definition) is 1. The van der Waals surface area contributed by atoms with E-state index in [9.17, 15) is 9.59 Å². The van der Waals surface area contributed by atoms with E-state index < -0.39 is 11.3 Å². The number of rotatable bonds is 3. The van der Waals surface area contributed by atoms with E-state index in [1.807, 2.05) is 0 Å². The number of carbonyl (C=O) groups is 2. The summed E-state index contributed by atoms with van der Waals surface area (Å²) in [5.74, 6) is -0.649. The molecule has 0 aromatic rings. The normalized spacial score (nSPS) is 26.1. The van der Waals surface area contributed by atoms with Crippen molar-refractivity contribution in [2.24, 2.45) is 11.1 Å². The molecule has 91 valence electrons. The Bertz CT molecular complexity index is 382. The first kappa shape index (κ1) is 11.9. The molecule has 5 nitrogen and oxygen atoms in total. The summed E-state index contributed by atoms with van der Waals surface area (Å²) >= 11 is 0. The summed E-state index contributed by atoms with van der Waals surface area (Å²) in [6, 6.07) is 1.79. The molecular weight excluding hydrogens is 218 g/mol. The van der Waals surface area contributed by atoms with E-state index in [0.717, 1.165) is 19.3 Å². The van der Waals surface area contributed by atoms with Crippen LogP contribution in [0.4, 0.5) is 0 Å². The molecular formula is C12H16N3O2. The largest absolute Gasteiger partial charge is 0.369 e. The number of carbonyl (C=O) groups excluding carboxylic acids is 2. The number of nitriles is 1. The maximum atomic E-state index is 12.0. The number of nitrogens with two attached hydrogens (primary N) is 1. The van der Waals surface area contributed by atoms with Gasteiger partial charge in [-0.1, -0.05) is 0 Å². The molecule has 0 spiro atoms. The van der Waals surface area contributed by atoms with Crippen molar-refractivity contribution in [1.82, 2.24) is 4.90 Å². The van der Waals surface area contributed by atoms with Gasteiger partial charge >= 0.3 is 0 Å². The molecule has 1 saturated heterocycles. The van der Waals surface area contributed by atoms with E-state index in [-0.39, 0.29) is 11.9 Å². The van der Waals surface area contributed by atoms with Crippen molar-refractivity contribution in [1.29, 1.82) is 5.26 Å². The first-order chi connectivity index (χ1) is 8.09. The molecule has 1 radical (unpaired) electrons. The van der Waals surface area contributed by atoms with Crippen LogP contribution >= 0.6 is 0 Å². The summed E-state index contributed by atoms with van der Waals surface area (Å²) in [6.07, 6.45) is 5.34. The summed E-state index contributed by atoms with van der Waals surface area (Å²) in [4.78, 5) is 24.8. The third-order valence-electron chi connectivity index (χ3n) is 3.61. The van der Waals surface area contributed by atoms with Gasteiger partial charge in [-0.3, -0.25) is 9.59 Å². The lowest BCUT2D eigenvalue weighted by Crippen LogP contribution is -2.45. The standard InChI is InChI=1S/C12H16N3O2/c13-8-9-3-1-2-6-15(9)10(16)7-12(4-5-12)11(14)17/h7,9H,1-6H2,(H2,14,17)/t9-/m1/s1. The lowest BCUT2D eigenvalue weighted by atomic mass is 9.97. The average Bonchev–Trinajstić information content (AvgIpc) is 3.10. The van der Waals surface area contributed by atoms with Crippen LogP contribution in [0.25, 0.3) is 0 Å². The van der Waals surface area contributed by atoms with Gasteiger partial charge in [-0.05, 0) is 32.1 Å². The lowest BCUT2D eigenvalue weighted by molar-refractivity contribution is -0.133. The van der Waals surface area contributed by atoms with E-state index >= 15 is 0 Å². The van der Waals surface area contributed by atoms with Gasteiger partial charge in [0.05, 0.1) is 17.9 Å². The molecule has 5 heteroatoms. The Morgan fingerprint density at radius 2 is 2.12 bits per heavy atom. The Hall–Kier alpha value is -1.57. The van der Waals surface area contributed by atoms with Crippen molar-refractivity contribution in [3.05, 3.63) is 6.42 Å². The Morgan fingerprint density at radius 1 is 1.41 bits per heavy atom. The SMILES string of the molecule is N#C[C@H]1CCCCN1C(=O)[CH]C1(C(N)=O)CC1. The van der Waals surface area contributed by atoms with Crippen molar-refractivity contribution in [2.45, 2.75) is 38.1 Å². The maximum Gasteiger partial charge on any atom is 0.228 e. The first-order valence-corrected chi connectivity index (χ1v) is 5.95. The number of amides is 2. The molecule has 1 heterocycles. The van der Waals surface area contributed by atoms with E-state index in [2.05, 4.69) is 6.07 Å². The fourth-order valence-electron chi connectivity index (χ4n) is 2.25. The maximum absolute atomic E-state index is 12.0. The van der Waals surface area contributed by atoms with Gasteiger partial charge in [0.1, 0.15) is 6.04 Å². The van der Waals surface area contributed by atoms with Crippen LogP contribution in [-0.2, 0) is 9.59 Å². The number of piperidine rings is 1. The fraction of sp³-hybridized carbons (Fsp3) is 0.667. The van der Waals surface area contributed by atoms with E-state index in [4.69, 9.17) is 11.0 Å². The Labute approximate surface area is 101 Å². The lowest BCUT2D eigenvalue weighted by Gasteiger charge is -2.32. The van der Waals surface area contributed by atoms with Crippen molar-refractivity contribution in [3.63, 3.8) is 0 Å². The van der Waals surface area contributed by atoms with Gasteiger partial charge in [-0.25, -0.2) is 0 Å². The molecule has 2 aliphatic rings. The average molecular weight is 234 g/mol. The zero-order chi connectivity index (χ0) is 12.5. The molecule has 1 aliphatic carbocycles. The molecule has 2 rings (SSSR count). The van der Waals surface area contributed by atoms with Crippen LogP contribution in [0.15, 0.2) is 0 Å². The van der Waals surface area contributed by atoms with Gasteiger partial charge in [0.25, 0.3) is 0 Å². The minimum absolute atomic E-state index is 0.215. The predicted molar refractivity (Wildman–Crippen MR) is 60.1 cm³/mol. The van der Waals surface area contributed by atoms with Crippen molar-refractivity contribution < 1.29 is 9.59 Å². The minimum Gasteiger partial charge on any atom is -0.369 e. The van der Waals surface area contributed by atoms with Crippen LogP contribution < -0.4 is 5.73 Å². The van der Waals surface area contributed by atoms with E-state index in [1.54, 1.807) is 4.90 Å². The number of hydrogen-bond acceptors (Lipinski definition) is 3. The predicted octanol–water partition coefficient (Wildman–Crippen LogP) is 0.361. The zero-order valence-corrected chi connectivity index (χ0v) is 9.69. The van der Waals surface area contributed by atoms with Crippen LogP contribution in [0.1, 0.15) is 32.1 Å². The highest BCUT2D eigenvalue weighted by Gasteiger charge is 2.51. The van der Waals surface area contributed by atoms with Gasteiger partial charge in [0, 0.05) is 6.54 Å². The summed E-state index contributed by atoms with van der Waals surface area (Å²) < 4.78 is 0. The second-order valence-electron chi connectivity index (χ2n) is 4.84. The van der Waals surface area contributed by atoms with Gasteiger partial charge < -0.3 is 10.6 Å². The fourth-order valence-corrected chi connectivity index (χ4v) is 2.25. The van der Waals surface area contributed by atoms with Gasteiger partial charge in [-0.2, -0.15) is 5.26 Å². The van der Waals surface area contributed by atoms with Crippen LogP contribution in [-0.4, -0.2) is 29.3 Å². The molecule has 2 fully saturated rings. The third kappa shape index (κ3) is 2.26. The topological polar surface area (TPSA) is 87.2 Å². The number of nitrogens with zero attached hydrogens (tertiary/aromatic N) is 2. The highest BCUT2D eigenvalue weighted by molar-refractivity contribution is 5.96. The Kier molecular flexibility index (Phi) is 3.05. The monoisotopic (exact) mass is 234 g/mol. The molecule has 1 saturated carbocycles. The summed E-state index contributed by atoms with van der Waals surface area (Å²) in [5, 5.41) is 8.98. The molecule has 2 amide bonds. The Morgan fingerprint density at radius 3 is 2.65 bits per heavy atom. The molecule has 0 unspecified atom stereocenters. The number of primary amides is 1. The molecule has 0 aromatic carbocycles. The minimum atomic E-state index is -0.728. The molecule has 17 heavy (non-hydrogen) atoms. The summed E-state index contributed by atoms with van der Waals surface area (Å²) in [6.45, 7) is 0.600. The van der Waals surface area contributed by atoms with E-state index in [0.29, 0.717) is 19.4 Å². The first-order valence-electron chi connectivity index (χ1n) is 5.95. The quantitative estimate of drug-likeness (QED) is 0.764. The van der Waals surface area contributed by atoms with Crippen LogP contribution in [0.3, 0.4) is 0 Å². The second kappa shape index (κ2) is 4.36. The van der Waals surface area contributed by atoms with Gasteiger partial charge in [0.2, 0.25) is 11.8 Å². The molecule has 2 N–H and O–H groups in total. The molecule has 0 bridgehead atoms. The van der Waals surface area contributed by atoms with Crippen molar-refractivity contribution in [2.75, 3.05) is 6.54 Å². The molecule has 0 aromatic heterocycles. The van der Waals surface area contributed by atoms with Crippen LogP contribution in [0, 0.1) is 23.2 Å². The van der Waals surface area contributed by atoms with Crippen LogP contribution in [0.2, 0.25) is 0 Å². The van der Waals surface area contributed by atoms with Gasteiger partial charge in [-0.15, -0.1) is 0 Å². The second-order valence-corrected chi connectivity index (χ2v) is 4.84. The molecule has 1 atom stereocenters. The third-order valence-corrected chi connectivity index (χ3v) is 3.61. The smallest absolute Gasteiger partial charge is 0.228 e. The number of likely N-dealkylation sites (tertiary alicyclic amines) is 1. The highest BCUT2D eigenvalue weighted by Crippen LogP contribution is 2.48. The highest BCUT2D eigenvalue weighted by atomic mass is 16.2. The summed E-state index contributed by atoms with van der Waals surface area (Å²) in [7, 11) is 0. The zero-order valence-electron chi connectivity index (χ0n) is 9.69. The summed E-state index contributed by atoms with van der Waals surface area (Å²) in [5.41, 5.74) is 4.54. The van der Waals surface area contributed by atoms with E-state index in [1.165, 1.54) is 6.42 Å². The Balaban J connectivity index is 2.00. The van der Waals surface area contributed by atoms with Crippen molar-refractivity contribution in [3.8, 4) is 6.07 Å². The van der Waals surface area contributed by atoms with Gasteiger partial charge in [0.15, 0.2) is 0 Å². The van der Waals surface area contributed by atoms with Crippen LogP contribution in [0.5, 0.6) is 0 Å². The molecule has 1 aliphatic heterocycles. The van der Waals surface area contributed by atoms with Crippen molar-refractivity contribution >= 4 is 11.8 Å².